The number of hydrogen-bond donors (Lipinski definition) is 1. The van der Waals surface area contributed by atoms with Crippen LogP contribution in [-0.4, -0.2) is 36.9 Å². The average molecular weight is 274 g/mol. The van der Waals surface area contributed by atoms with Gasteiger partial charge in [-0.1, -0.05) is 12.1 Å². The van der Waals surface area contributed by atoms with Crippen LogP contribution in [-0.2, 0) is 0 Å². The molecule has 1 aromatic carbocycles. The molecule has 1 unspecified atom stereocenters. The van der Waals surface area contributed by atoms with Crippen LogP contribution in [0.3, 0.4) is 0 Å². The minimum atomic E-state index is -0.291. The SMILES string of the molecule is COc1cccc2c(N(C)CCC(C)O)cc(C)nc12. The van der Waals surface area contributed by atoms with Crippen molar-refractivity contribution in [2.45, 2.75) is 26.4 Å². The third-order valence-corrected chi connectivity index (χ3v) is 3.42. The van der Waals surface area contributed by atoms with Gasteiger partial charge in [0, 0.05) is 30.4 Å². The van der Waals surface area contributed by atoms with Gasteiger partial charge in [0.15, 0.2) is 0 Å². The number of anilines is 1. The minimum Gasteiger partial charge on any atom is -0.494 e. The van der Waals surface area contributed by atoms with E-state index in [0.29, 0.717) is 0 Å². The van der Waals surface area contributed by atoms with Crippen molar-refractivity contribution in [1.82, 2.24) is 4.98 Å². The summed E-state index contributed by atoms with van der Waals surface area (Å²) >= 11 is 0. The highest BCUT2D eigenvalue weighted by Crippen LogP contribution is 2.31. The van der Waals surface area contributed by atoms with Crippen LogP contribution >= 0.6 is 0 Å². The zero-order chi connectivity index (χ0) is 14.7. The molecule has 20 heavy (non-hydrogen) atoms. The maximum atomic E-state index is 9.44. The Morgan fingerprint density at radius 2 is 2.15 bits per heavy atom. The van der Waals surface area contributed by atoms with Crippen molar-refractivity contribution >= 4 is 16.6 Å². The van der Waals surface area contributed by atoms with Gasteiger partial charge in [-0.2, -0.15) is 0 Å². The molecule has 0 radical (unpaired) electrons. The topological polar surface area (TPSA) is 45.6 Å². The molecule has 0 fully saturated rings. The molecule has 0 saturated carbocycles. The van der Waals surface area contributed by atoms with Crippen molar-refractivity contribution in [2.24, 2.45) is 0 Å². The van der Waals surface area contributed by atoms with Gasteiger partial charge >= 0.3 is 0 Å². The second kappa shape index (κ2) is 6.09. The summed E-state index contributed by atoms with van der Waals surface area (Å²) in [5, 5.41) is 10.5. The van der Waals surface area contributed by atoms with E-state index >= 15 is 0 Å². The van der Waals surface area contributed by atoms with Gasteiger partial charge < -0.3 is 14.7 Å². The molecule has 0 amide bonds. The van der Waals surface area contributed by atoms with Gasteiger partial charge in [0.2, 0.25) is 0 Å². The first-order valence-electron chi connectivity index (χ1n) is 6.86. The van der Waals surface area contributed by atoms with Crippen LogP contribution in [0, 0.1) is 6.92 Å². The Bertz CT molecular complexity index is 596. The summed E-state index contributed by atoms with van der Waals surface area (Å²) in [6, 6.07) is 8.03. The van der Waals surface area contributed by atoms with Crippen LogP contribution < -0.4 is 9.64 Å². The summed E-state index contributed by atoms with van der Waals surface area (Å²) in [5.74, 6) is 0.788. The first-order chi connectivity index (χ1) is 9.52. The number of nitrogens with zero attached hydrogens (tertiary/aromatic N) is 2. The summed E-state index contributed by atoms with van der Waals surface area (Å²) in [6.07, 6.45) is 0.449. The van der Waals surface area contributed by atoms with Crippen molar-refractivity contribution in [3.63, 3.8) is 0 Å². The van der Waals surface area contributed by atoms with Crippen LogP contribution in [0.15, 0.2) is 24.3 Å². The smallest absolute Gasteiger partial charge is 0.145 e. The molecule has 2 rings (SSSR count). The Balaban J connectivity index is 2.47. The highest BCUT2D eigenvalue weighted by Gasteiger charge is 2.12. The third kappa shape index (κ3) is 3.02. The molecule has 1 atom stereocenters. The predicted octanol–water partition coefficient (Wildman–Crippen LogP) is 2.76. The lowest BCUT2D eigenvalue weighted by Gasteiger charge is -2.22. The Kier molecular flexibility index (Phi) is 4.45. The van der Waals surface area contributed by atoms with Gasteiger partial charge in [-0.05, 0) is 32.4 Å². The maximum absolute atomic E-state index is 9.44. The van der Waals surface area contributed by atoms with E-state index < -0.39 is 0 Å². The number of fused-ring (bicyclic) bond motifs is 1. The summed E-state index contributed by atoms with van der Waals surface area (Å²) in [7, 11) is 3.70. The van der Waals surface area contributed by atoms with Gasteiger partial charge in [-0.3, -0.25) is 0 Å². The molecule has 1 aromatic heterocycles. The average Bonchev–Trinajstić information content (AvgIpc) is 2.43. The third-order valence-electron chi connectivity index (χ3n) is 3.42. The normalized spacial score (nSPS) is 12.4. The summed E-state index contributed by atoms with van der Waals surface area (Å²) in [4.78, 5) is 6.74. The molecule has 1 N–H and O–H groups in total. The lowest BCUT2D eigenvalue weighted by Crippen LogP contribution is -2.22. The van der Waals surface area contributed by atoms with Crippen molar-refractivity contribution in [1.29, 1.82) is 0 Å². The molecule has 108 valence electrons. The quantitative estimate of drug-likeness (QED) is 0.910. The van der Waals surface area contributed by atoms with Gasteiger partial charge in [-0.25, -0.2) is 4.98 Å². The second-order valence-corrected chi connectivity index (χ2v) is 5.20. The number of para-hydroxylation sites is 1. The molecule has 2 aromatic rings. The number of benzene rings is 1. The van der Waals surface area contributed by atoms with Crippen LogP contribution in [0.5, 0.6) is 5.75 Å². The van der Waals surface area contributed by atoms with Crippen molar-refractivity contribution in [2.75, 3.05) is 25.6 Å². The number of hydrogen-bond acceptors (Lipinski definition) is 4. The van der Waals surface area contributed by atoms with E-state index in [1.165, 1.54) is 0 Å². The summed E-state index contributed by atoms with van der Waals surface area (Å²) in [6.45, 7) is 4.60. The first-order valence-corrected chi connectivity index (χ1v) is 6.86. The monoisotopic (exact) mass is 274 g/mol. The molecule has 0 aliphatic heterocycles. The number of ether oxygens (including phenoxy) is 1. The van der Waals surface area contributed by atoms with E-state index in [9.17, 15) is 5.11 Å². The molecule has 4 heteroatoms. The standard InChI is InChI=1S/C16H22N2O2/c1-11-10-14(18(3)9-8-12(2)19)13-6-5-7-15(20-4)16(13)17-11/h5-7,10,12,19H,8-9H2,1-4H3. The van der Waals surface area contributed by atoms with Gasteiger partial charge in [0.25, 0.3) is 0 Å². The molecule has 0 aliphatic rings. The van der Waals surface area contributed by atoms with Gasteiger partial charge in [0.1, 0.15) is 11.3 Å². The minimum absolute atomic E-state index is 0.291. The Morgan fingerprint density at radius 1 is 1.40 bits per heavy atom. The van der Waals surface area contributed by atoms with Crippen molar-refractivity contribution < 1.29 is 9.84 Å². The number of aliphatic hydroxyl groups is 1. The Labute approximate surface area is 120 Å². The molecular weight excluding hydrogens is 252 g/mol. The molecule has 0 spiro atoms. The number of pyridine rings is 1. The van der Waals surface area contributed by atoms with Crippen molar-refractivity contribution in [3.8, 4) is 5.75 Å². The second-order valence-electron chi connectivity index (χ2n) is 5.20. The van der Waals surface area contributed by atoms with E-state index in [-0.39, 0.29) is 6.10 Å². The zero-order valence-electron chi connectivity index (χ0n) is 12.6. The number of aryl methyl sites for hydroxylation is 1. The van der Waals surface area contributed by atoms with Crippen LogP contribution in [0.1, 0.15) is 19.0 Å². The number of methoxy groups -OCH3 is 1. The summed E-state index contributed by atoms with van der Waals surface area (Å²) < 4.78 is 5.39. The Morgan fingerprint density at radius 3 is 2.80 bits per heavy atom. The van der Waals surface area contributed by atoms with Crippen LogP contribution in [0.2, 0.25) is 0 Å². The van der Waals surface area contributed by atoms with E-state index in [4.69, 9.17) is 4.74 Å². The van der Waals surface area contributed by atoms with E-state index in [1.807, 2.05) is 33.0 Å². The molecule has 4 nitrogen and oxygen atoms in total. The molecule has 0 bridgehead atoms. The van der Waals surface area contributed by atoms with Gasteiger partial charge in [-0.15, -0.1) is 0 Å². The zero-order valence-corrected chi connectivity index (χ0v) is 12.6. The highest BCUT2D eigenvalue weighted by atomic mass is 16.5. The largest absolute Gasteiger partial charge is 0.494 e. The molecular formula is C16H22N2O2. The fourth-order valence-corrected chi connectivity index (χ4v) is 2.31. The van der Waals surface area contributed by atoms with E-state index in [2.05, 4.69) is 22.0 Å². The maximum Gasteiger partial charge on any atom is 0.145 e. The predicted molar refractivity (Wildman–Crippen MR) is 82.6 cm³/mol. The number of aromatic nitrogens is 1. The lowest BCUT2D eigenvalue weighted by atomic mass is 10.1. The van der Waals surface area contributed by atoms with Crippen molar-refractivity contribution in [3.05, 3.63) is 30.0 Å². The first kappa shape index (κ1) is 14.6. The van der Waals surface area contributed by atoms with E-state index in [1.54, 1.807) is 7.11 Å². The van der Waals surface area contributed by atoms with Crippen LogP contribution in [0.25, 0.3) is 10.9 Å². The van der Waals surface area contributed by atoms with E-state index in [0.717, 1.165) is 41.0 Å². The fraction of sp³-hybridized carbons (Fsp3) is 0.438. The van der Waals surface area contributed by atoms with Crippen LogP contribution in [0.4, 0.5) is 5.69 Å². The highest BCUT2D eigenvalue weighted by molar-refractivity contribution is 5.95. The van der Waals surface area contributed by atoms with Gasteiger partial charge in [0.05, 0.1) is 13.2 Å². The summed E-state index contributed by atoms with van der Waals surface area (Å²) in [5.41, 5.74) is 2.96. The molecule has 0 saturated heterocycles. The fourth-order valence-electron chi connectivity index (χ4n) is 2.31. The Hall–Kier alpha value is -1.81. The molecule has 0 aliphatic carbocycles. The number of aliphatic hydroxyl groups excluding tert-OH is 1. The lowest BCUT2D eigenvalue weighted by molar-refractivity contribution is 0.187. The molecule has 1 heterocycles. The number of rotatable bonds is 5.